The molecule has 5 nitrogen and oxygen atoms in total. The summed E-state index contributed by atoms with van der Waals surface area (Å²) in [6.07, 6.45) is 0. The largest absolute Gasteiger partial charge is 0.449 e. The SMILES string of the molecule is CC1(C)c2ccccc2-c2c1ccc1c2Oc2ccc(-c3ccccc3-c3nc(-c4ccccc4)nc(-c4ccc5c(ccc6ccccc65)c4)n3)cc2O1. The topological polar surface area (TPSA) is 57.1 Å². The minimum Gasteiger partial charge on any atom is -0.449 e. The van der Waals surface area contributed by atoms with E-state index in [9.17, 15) is 0 Å². The molecular weight excluding hydrogens is 675 g/mol. The van der Waals surface area contributed by atoms with Gasteiger partial charge in [0.15, 0.2) is 40.5 Å². The van der Waals surface area contributed by atoms with Crippen molar-refractivity contribution >= 4 is 21.5 Å². The van der Waals surface area contributed by atoms with E-state index in [1.54, 1.807) is 0 Å². The molecule has 1 aliphatic carbocycles. The lowest BCUT2D eigenvalue weighted by Gasteiger charge is -2.25. The van der Waals surface area contributed by atoms with E-state index in [1.165, 1.54) is 32.8 Å². The molecule has 0 saturated heterocycles. The van der Waals surface area contributed by atoms with Crippen LogP contribution >= 0.6 is 0 Å². The van der Waals surface area contributed by atoms with Crippen LogP contribution in [-0.2, 0) is 5.41 Å². The summed E-state index contributed by atoms with van der Waals surface area (Å²) in [6.45, 7) is 4.54. The number of rotatable bonds is 4. The number of benzene rings is 8. The molecule has 0 saturated carbocycles. The molecule has 0 N–H and O–H groups in total. The first-order valence-electron chi connectivity index (χ1n) is 18.6. The zero-order valence-corrected chi connectivity index (χ0v) is 30.2. The lowest BCUT2D eigenvalue weighted by molar-refractivity contribution is 0.360. The highest BCUT2D eigenvalue weighted by molar-refractivity contribution is 6.08. The fourth-order valence-corrected chi connectivity index (χ4v) is 8.42. The molecular formula is C50H33N3O2. The van der Waals surface area contributed by atoms with Crippen LogP contribution in [0.2, 0.25) is 0 Å². The molecule has 55 heavy (non-hydrogen) atoms. The van der Waals surface area contributed by atoms with Crippen LogP contribution in [0.3, 0.4) is 0 Å². The van der Waals surface area contributed by atoms with E-state index < -0.39 is 0 Å². The lowest BCUT2D eigenvalue weighted by atomic mass is 9.82. The van der Waals surface area contributed by atoms with E-state index in [0.717, 1.165) is 44.5 Å². The predicted octanol–water partition coefficient (Wildman–Crippen LogP) is 13.1. The summed E-state index contributed by atoms with van der Waals surface area (Å²) in [5.74, 6) is 4.65. The molecule has 1 aliphatic heterocycles. The highest BCUT2D eigenvalue weighted by Crippen LogP contribution is 2.58. The molecule has 0 radical (unpaired) electrons. The molecule has 0 bridgehead atoms. The third-order valence-electron chi connectivity index (χ3n) is 11.2. The molecule has 2 aliphatic rings. The van der Waals surface area contributed by atoms with Gasteiger partial charge in [-0.3, -0.25) is 0 Å². The molecule has 0 amide bonds. The first kappa shape index (κ1) is 31.4. The molecule has 0 unspecified atom stereocenters. The van der Waals surface area contributed by atoms with Crippen molar-refractivity contribution in [2.45, 2.75) is 19.3 Å². The third kappa shape index (κ3) is 4.97. The number of aromatic nitrogens is 3. The highest BCUT2D eigenvalue weighted by atomic mass is 16.6. The first-order chi connectivity index (χ1) is 27.0. The number of nitrogens with zero attached hydrogens (tertiary/aromatic N) is 3. The molecule has 0 atom stereocenters. The Balaban J connectivity index is 1.01. The third-order valence-corrected chi connectivity index (χ3v) is 11.2. The Labute approximate surface area is 318 Å². The number of hydrogen-bond donors (Lipinski definition) is 0. The quantitative estimate of drug-likeness (QED) is 0.170. The zero-order chi connectivity index (χ0) is 36.7. The van der Waals surface area contributed by atoms with E-state index in [-0.39, 0.29) is 5.41 Å². The van der Waals surface area contributed by atoms with Crippen LogP contribution < -0.4 is 9.47 Å². The zero-order valence-electron chi connectivity index (χ0n) is 30.2. The lowest BCUT2D eigenvalue weighted by Crippen LogP contribution is -2.15. The van der Waals surface area contributed by atoms with E-state index in [2.05, 4.69) is 123 Å². The van der Waals surface area contributed by atoms with E-state index in [0.29, 0.717) is 34.7 Å². The second-order valence-electron chi connectivity index (χ2n) is 14.8. The summed E-state index contributed by atoms with van der Waals surface area (Å²) in [7, 11) is 0. The van der Waals surface area contributed by atoms with Crippen LogP contribution in [0, 0.1) is 0 Å². The average Bonchev–Trinajstić information content (AvgIpc) is 3.48. The van der Waals surface area contributed by atoms with Crippen molar-refractivity contribution in [1.82, 2.24) is 15.0 Å². The molecule has 260 valence electrons. The second-order valence-corrected chi connectivity index (χ2v) is 14.8. The summed E-state index contributed by atoms with van der Waals surface area (Å²) in [6, 6.07) is 56.6. The van der Waals surface area contributed by atoms with Crippen LogP contribution in [0.15, 0.2) is 164 Å². The van der Waals surface area contributed by atoms with Gasteiger partial charge in [0.1, 0.15) is 0 Å². The maximum Gasteiger partial charge on any atom is 0.178 e. The van der Waals surface area contributed by atoms with Crippen molar-refractivity contribution in [3.63, 3.8) is 0 Å². The Bertz CT molecular complexity index is 3020. The summed E-state index contributed by atoms with van der Waals surface area (Å²) < 4.78 is 13.3. The number of fused-ring (bicyclic) bond motifs is 9. The van der Waals surface area contributed by atoms with Crippen LogP contribution in [0.4, 0.5) is 0 Å². The Morgan fingerprint density at radius 1 is 0.400 bits per heavy atom. The van der Waals surface area contributed by atoms with Crippen LogP contribution in [0.25, 0.3) is 78.0 Å². The van der Waals surface area contributed by atoms with E-state index >= 15 is 0 Å². The summed E-state index contributed by atoms with van der Waals surface area (Å²) >= 11 is 0. The van der Waals surface area contributed by atoms with Crippen LogP contribution in [0.1, 0.15) is 25.0 Å². The monoisotopic (exact) mass is 707 g/mol. The Morgan fingerprint density at radius 2 is 1.05 bits per heavy atom. The van der Waals surface area contributed by atoms with Crippen molar-refractivity contribution in [2.24, 2.45) is 0 Å². The van der Waals surface area contributed by atoms with Gasteiger partial charge < -0.3 is 9.47 Å². The van der Waals surface area contributed by atoms with Gasteiger partial charge >= 0.3 is 0 Å². The van der Waals surface area contributed by atoms with E-state index in [4.69, 9.17) is 24.4 Å². The Morgan fingerprint density at radius 3 is 1.93 bits per heavy atom. The molecule has 0 spiro atoms. The van der Waals surface area contributed by atoms with Gasteiger partial charge in [-0.25, -0.2) is 15.0 Å². The molecule has 9 aromatic rings. The second kappa shape index (κ2) is 12.0. The van der Waals surface area contributed by atoms with Crippen molar-refractivity contribution in [1.29, 1.82) is 0 Å². The van der Waals surface area contributed by atoms with Gasteiger partial charge in [-0.2, -0.15) is 0 Å². The Kier molecular flexibility index (Phi) is 6.83. The highest BCUT2D eigenvalue weighted by Gasteiger charge is 2.39. The number of hydrogen-bond acceptors (Lipinski definition) is 5. The van der Waals surface area contributed by atoms with Gasteiger partial charge in [-0.1, -0.05) is 153 Å². The maximum atomic E-state index is 6.70. The van der Waals surface area contributed by atoms with Gasteiger partial charge in [0.2, 0.25) is 0 Å². The smallest absolute Gasteiger partial charge is 0.178 e. The van der Waals surface area contributed by atoms with Gasteiger partial charge in [-0.15, -0.1) is 0 Å². The molecule has 11 rings (SSSR count). The number of ether oxygens (including phenoxy) is 2. The standard InChI is InChI=1S/C50H33N3O2/c1-50(2)40-19-11-10-18-39(40)45-41(50)25-27-43-46(45)55-42-26-23-33(29-44(42)54-43)36-16-8-9-17-38(36)49-52-47(31-13-4-3-5-14-31)51-48(53-49)34-22-24-37-32(28-34)21-20-30-12-6-7-15-35(30)37/h3-29H,1-2H3. The fraction of sp³-hybridized carbons (Fsp3) is 0.0600. The molecule has 8 aromatic carbocycles. The fourth-order valence-electron chi connectivity index (χ4n) is 8.42. The minimum absolute atomic E-state index is 0.128. The maximum absolute atomic E-state index is 6.70. The first-order valence-corrected chi connectivity index (χ1v) is 18.6. The Hall–Kier alpha value is -7.11. The van der Waals surface area contributed by atoms with Gasteiger partial charge in [-0.05, 0) is 73.6 Å². The predicted molar refractivity (Wildman–Crippen MR) is 221 cm³/mol. The molecule has 2 heterocycles. The van der Waals surface area contributed by atoms with Crippen molar-refractivity contribution in [3.8, 4) is 79.4 Å². The van der Waals surface area contributed by atoms with Gasteiger partial charge in [0.05, 0.1) is 0 Å². The normalized spacial score (nSPS) is 13.3. The van der Waals surface area contributed by atoms with Crippen molar-refractivity contribution in [3.05, 3.63) is 175 Å². The summed E-state index contributed by atoms with van der Waals surface area (Å²) in [5.41, 5.74) is 9.41. The summed E-state index contributed by atoms with van der Waals surface area (Å²) in [4.78, 5) is 15.3. The molecule has 1 aromatic heterocycles. The van der Waals surface area contributed by atoms with E-state index in [1.807, 2.05) is 54.6 Å². The van der Waals surface area contributed by atoms with Crippen molar-refractivity contribution in [2.75, 3.05) is 0 Å². The average molecular weight is 708 g/mol. The van der Waals surface area contributed by atoms with Crippen molar-refractivity contribution < 1.29 is 9.47 Å². The van der Waals surface area contributed by atoms with Gasteiger partial charge in [0.25, 0.3) is 0 Å². The summed E-state index contributed by atoms with van der Waals surface area (Å²) in [5, 5.41) is 4.78. The minimum atomic E-state index is -0.128. The van der Waals surface area contributed by atoms with Crippen LogP contribution in [-0.4, -0.2) is 15.0 Å². The molecule has 0 fully saturated rings. The molecule has 5 heteroatoms. The van der Waals surface area contributed by atoms with Crippen LogP contribution in [0.5, 0.6) is 23.0 Å². The van der Waals surface area contributed by atoms with Gasteiger partial charge in [0, 0.05) is 27.7 Å².